The summed E-state index contributed by atoms with van der Waals surface area (Å²) in [4.78, 5) is 16.2. The topological polar surface area (TPSA) is 44.8 Å². The molecule has 25 heavy (non-hydrogen) atoms. The van der Waals surface area contributed by atoms with Gasteiger partial charge in [0.1, 0.15) is 5.82 Å². The Hall–Kier alpha value is -1.82. The molecule has 2 fully saturated rings. The first-order chi connectivity index (χ1) is 11.9. The Balaban J connectivity index is 1.62. The van der Waals surface area contributed by atoms with Gasteiger partial charge in [-0.25, -0.2) is 9.18 Å². The zero-order valence-electron chi connectivity index (χ0n) is 15.3. The Labute approximate surface area is 149 Å². The fourth-order valence-corrected chi connectivity index (χ4v) is 3.67. The van der Waals surface area contributed by atoms with Gasteiger partial charge in [-0.1, -0.05) is 0 Å². The lowest BCUT2D eigenvalue weighted by Gasteiger charge is -2.33. The maximum Gasteiger partial charge on any atom is 0.321 e. The maximum atomic E-state index is 14.4. The molecule has 1 aromatic rings. The number of amides is 2. The van der Waals surface area contributed by atoms with E-state index in [1.807, 2.05) is 30.7 Å². The van der Waals surface area contributed by atoms with Crippen LogP contribution in [-0.2, 0) is 4.74 Å². The van der Waals surface area contributed by atoms with Gasteiger partial charge in [-0.3, -0.25) is 0 Å². The monoisotopic (exact) mass is 349 g/mol. The van der Waals surface area contributed by atoms with E-state index in [0.717, 1.165) is 45.6 Å². The van der Waals surface area contributed by atoms with Gasteiger partial charge in [0.25, 0.3) is 0 Å². The van der Waals surface area contributed by atoms with Crippen molar-refractivity contribution in [2.24, 2.45) is 5.41 Å². The van der Waals surface area contributed by atoms with E-state index in [-0.39, 0.29) is 23.3 Å². The summed E-state index contributed by atoms with van der Waals surface area (Å²) in [5, 5.41) is 2.84. The van der Waals surface area contributed by atoms with Crippen LogP contribution in [-0.4, -0.2) is 50.3 Å². The normalized spacial score (nSPS) is 19.5. The van der Waals surface area contributed by atoms with Gasteiger partial charge in [-0.15, -0.1) is 0 Å². The molecule has 2 heterocycles. The molecule has 5 nitrogen and oxygen atoms in total. The lowest BCUT2D eigenvalue weighted by Crippen LogP contribution is -2.37. The van der Waals surface area contributed by atoms with E-state index < -0.39 is 0 Å². The zero-order chi connectivity index (χ0) is 18.0. The van der Waals surface area contributed by atoms with Crippen molar-refractivity contribution < 1.29 is 13.9 Å². The second kappa shape index (κ2) is 7.20. The van der Waals surface area contributed by atoms with Crippen molar-refractivity contribution in [3.05, 3.63) is 24.0 Å². The van der Waals surface area contributed by atoms with Crippen molar-refractivity contribution in [2.45, 2.75) is 39.2 Å². The molecule has 1 spiro atoms. The minimum Gasteiger partial charge on any atom is -0.381 e. The van der Waals surface area contributed by atoms with Gasteiger partial charge in [0.05, 0.1) is 5.69 Å². The lowest BCUT2D eigenvalue weighted by molar-refractivity contribution is 0.0211. The number of carbonyl (C=O) groups excluding carboxylic acids is 1. The number of anilines is 2. The smallest absolute Gasteiger partial charge is 0.321 e. The van der Waals surface area contributed by atoms with Crippen LogP contribution in [0, 0.1) is 11.2 Å². The molecule has 0 bridgehead atoms. The van der Waals surface area contributed by atoms with E-state index in [0.29, 0.717) is 11.4 Å². The van der Waals surface area contributed by atoms with Crippen LogP contribution in [0.15, 0.2) is 18.2 Å². The molecule has 0 aromatic heterocycles. The number of carbonyl (C=O) groups is 1. The third-order valence-electron chi connectivity index (χ3n) is 5.63. The van der Waals surface area contributed by atoms with Crippen molar-refractivity contribution in [2.75, 3.05) is 43.6 Å². The van der Waals surface area contributed by atoms with Crippen molar-refractivity contribution in [3.8, 4) is 0 Å². The molecule has 0 atom stereocenters. The van der Waals surface area contributed by atoms with Crippen LogP contribution in [0.4, 0.5) is 20.6 Å². The first-order valence-electron chi connectivity index (χ1n) is 9.06. The van der Waals surface area contributed by atoms with E-state index in [2.05, 4.69) is 5.32 Å². The second-order valence-corrected chi connectivity index (χ2v) is 7.58. The number of nitrogens with one attached hydrogen (secondary N) is 1. The summed E-state index contributed by atoms with van der Waals surface area (Å²) in [6, 6.07) is 4.93. The van der Waals surface area contributed by atoms with Crippen LogP contribution in [0.5, 0.6) is 0 Å². The largest absolute Gasteiger partial charge is 0.381 e. The highest BCUT2D eigenvalue weighted by atomic mass is 19.1. The van der Waals surface area contributed by atoms with Gasteiger partial charge < -0.3 is 19.9 Å². The molecule has 0 saturated carbocycles. The van der Waals surface area contributed by atoms with Gasteiger partial charge in [0.15, 0.2) is 0 Å². The Bertz CT molecular complexity index is 629. The standard InChI is InChI=1S/C19H28FN3O2/c1-14(2)22(3)17-5-4-15(12-16(17)20)21-18(24)23-9-6-19(13-23)7-10-25-11-8-19/h4-5,12,14H,6-11,13H2,1-3H3,(H,21,24). The van der Waals surface area contributed by atoms with Crippen LogP contribution < -0.4 is 10.2 Å². The Morgan fingerprint density at radius 1 is 1.32 bits per heavy atom. The SMILES string of the molecule is CC(C)N(C)c1ccc(NC(=O)N2CCC3(CCOCC3)C2)cc1F. The summed E-state index contributed by atoms with van der Waals surface area (Å²) in [6.07, 6.45) is 3.06. The van der Waals surface area contributed by atoms with E-state index in [1.165, 1.54) is 6.07 Å². The van der Waals surface area contributed by atoms with Gasteiger partial charge >= 0.3 is 6.03 Å². The number of rotatable bonds is 3. The number of nitrogens with zero attached hydrogens (tertiary/aromatic N) is 2. The van der Waals surface area contributed by atoms with E-state index in [4.69, 9.17) is 4.74 Å². The Morgan fingerprint density at radius 2 is 2.04 bits per heavy atom. The number of hydrogen-bond acceptors (Lipinski definition) is 3. The number of hydrogen-bond donors (Lipinski definition) is 1. The van der Waals surface area contributed by atoms with E-state index in [1.54, 1.807) is 12.1 Å². The quantitative estimate of drug-likeness (QED) is 0.905. The molecule has 1 aromatic carbocycles. The maximum absolute atomic E-state index is 14.4. The average Bonchev–Trinajstić information content (AvgIpc) is 2.98. The van der Waals surface area contributed by atoms with Crippen LogP contribution in [0.25, 0.3) is 0 Å². The predicted octanol–water partition coefficient (Wildman–Crippen LogP) is 3.70. The molecule has 1 N–H and O–H groups in total. The highest BCUT2D eigenvalue weighted by molar-refractivity contribution is 5.89. The fourth-order valence-electron chi connectivity index (χ4n) is 3.67. The molecule has 0 aliphatic carbocycles. The number of urea groups is 1. The summed E-state index contributed by atoms with van der Waals surface area (Å²) in [7, 11) is 1.86. The molecule has 3 rings (SSSR count). The van der Waals surface area contributed by atoms with Gasteiger partial charge in [0, 0.05) is 45.1 Å². The summed E-state index contributed by atoms with van der Waals surface area (Å²) < 4.78 is 19.8. The van der Waals surface area contributed by atoms with Crippen LogP contribution >= 0.6 is 0 Å². The molecule has 2 aliphatic heterocycles. The van der Waals surface area contributed by atoms with Crippen LogP contribution in [0.2, 0.25) is 0 Å². The molecule has 2 saturated heterocycles. The summed E-state index contributed by atoms with van der Waals surface area (Å²) in [5.41, 5.74) is 1.25. The molecule has 0 radical (unpaired) electrons. The second-order valence-electron chi connectivity index (χ2n) is 7.58. The molecular weight excluding hydrogens is 321 g/mol. The molecule has 6 heteroatoms. The van der Waals surface area contributed by atoms with Crippen LogP contribution in [0.1, 0.15) is 33.1 Å². The Kier molecular flexibility index (Phi) is 5.18. The van der Waals surface area contributed by atoms with E-state index in [9.17, 15) is 9.18 Å². The Morgan fingerprint density at radius 3 is 2.68 bits per heavy atom. The molecule has 0 unspecified atom stereocenters. The highest BCUT2D eigenvalue weighted by Crippen LogP contribution is 2.39. The zero-order valence-corrected chi connectivity index (χ0v) is 15.3. The lowest BCUT2D eigenvalue weighted by atomic mass is 9.80. The summed E-state index contributed by atoms with van der Waals surface area (Å²) >= 11 is 0. The minimum atomic E-state index is -0.323. The van der Waals surface area contributed by atoms with Crippen molar-refractivity contribution in [3.63, 3.8) is 0 Å². The highest BCUT2D eigenvalue weighted by Gasteiger charge is 2.40. The van der Waals surface area contributed by atoms with Crippen molar-refractivity contribution in [1.29, 1.82) is 0 Å². The fraction of sp³-hybridized carbons (Fsp3) is 0.632. The van der Waals surface area contributed by atoms with Gasteiger partial charge in [-0.05, 0) is 56.7 Å². The summed E-state index contributed by atoms with van der Waals surface area (Å²) in [6.45, 7) is 7.10. The van der Waals surface area contributed by atoms with Crippen LogP contribution in [0.3, 0.4) is 0 Å². The van der Waals surface area contributed by atoms with Gasteiger partial charge in [-0.2, -0.15) is 0 Å². The number of halogens is 1. The first-order valence-corrected chi connectivity index (χ1v) is 9.06. The minimum absolute atomic E-state index is 0.146. The third kappa shape index (κ3) is 3.89. The number of likely N-dealkylation sites (tertiary alicyclic amines) is 1. The first kappa shape index (κ1) is 18.0. The predicted molar refractivity (Wildman–Crippen MR) is 97.6 cm³/mol. The summed E-state index contributed by atoms with van der Waals surface area (Å²) in [5.74, 6) is -0.323. The van der Waals surface area contributed by atoms with Crippen molar-refractivity contribution >= 4 is 17.4 Å². The molecule has 2 aliphatic rings. The third-order valence-corrected chi connectivity index (χ3v) is 5.63. The number of benzene rings is 1. The molecular formula is C19H28FN3O2. The van der Waals surface area contributed by atoms with Gasteiger partial charge in [0.2, 0.25) is 0 Å². The van der Waals surface area contributed by atoms with Crippen molar-refractivity contribution in [1.82, 2.24) is 4.90 Å². The molecule has 2 amide bonds. The van der Waals surface area contributed by atoms with E-state index >= 15 is 0 Å². The molecule has 138 valence electrons. The average molecular weight is 349 g/mol. The number of ether oxygens (including phenoxy) is 1.